The maximum absolute atomic E-state index is 10.8. The Hall–Kier alpha value is -2.11. The van der Waals surface area contributed by atoms with Gasteiger partial charge in [-0.1, -0.05) is 41.9 Å². The van der Waals surface area contributed by atoms with E-state index in [9.17, 15) is 4.79 Å². The van der Waals surface area contributed by atoms with E-state index in [1.807, 2.05) is 36.4 Å². The molecule has 3 rings (SSSR count). The van der Waals surface area contributed by atoms with Gasteiger partial charge in [-0.3, -0.25) is 4.79 Å². The highest BCUT2D eigenvalue weighted by molar-refractivity contribution is 9.10. The number of imidazole rings is 1. The van der Waals surface area contributed by atoms with Crippen LogP contribution in [-0.2, 0) is 6.61 Å². The first-order valence-corrected chi connectivity index (χ1v) is 8.02. The molecular weight excluding hydrogens is 380 g/mol. The van der Waals surface area contributed by atoms with E-state index >= 15 is 0 Å². The molecule has 0 aliphatic rings. The zero-order valence-corrected chi connectivity index (χ0v) is 14.3. The fraction of sp³-hybridized carbons (Fsp3) is 0.0588. The largest absolute Gasteiger partial charge is 0.487 e. The first kappa shape index (κ1) is 15.8. The molecule has 4 nitrogen and oxygen atoms in total. The van der Waals surface area contributed by atoms with E-state index < -0.39 is 0 Å². The monoisotopic (exact) mass is 390 g/mol. The molecule has 0 aliphatic heterocycles. The predicted octanol–water partition coefficient (Wildman–Crippen LogP) is 4.88. The van der Waals surface area contributed by atoms with Crippen molar-refractivity contribution >= 4 is 33.8 Å². The number of aromatic amines is 1. The van der Waals surface area contributed by atoms with Crippen molar-refractivity contribution in [3.8, 4) is 17.0 Å². The van der Waals surface area contributed by atoms with Crippen LogP contribution in [0.3, 0.4) is 0 Å². The lowest BCUT2D eigenvalue weighted by molar-refractivity contribution is 0.111. The Bertz CT molecular complexity index is 834. The van der Waals surface area contributed by atoms with E-state index in [4.69, 9.17) is 16.3 Å². The smallest absolute Gasteiger partial charge is 0.185 e. The average Bonchev–Trinajstić information content (AvgIpc) is 2.96. The van der Waals surface area contributed by atoms with E-state index in [0.29, 0.717) is 34.0 Å². The number of halogens is 2. The maximum atomic E-state index is 10.8. The number of hydrogen-bond donors (Lipinski definition) is 1. The number of benzene rings is 2. The van der Waals surface area contributed by atoms with Crippen LogP contribution in [0.4, 0.5) is 0 Å². The van der Waals surface area contributed by atoms with Gasteiger partial charge in [-0.25, -0.2) is 4.98 Å². The Morgan fingerprint density at radius 1 is 1.22 bits per heavy atom. The van der Waals surface area contributed by atoms with Crippen molar-refractivity contribution in [2.75, 3.05) is 0 Å². The van der Waals surface area contributed by atoms with E-state index in [2.05, 4.69) is 25.9 Å². The SMILES string of the molecule is O=Cc1nc(-c2ccc(OCc3ccccc3)c(Cl)c2)c(Br)[nH]1. The van der Waals surface area contributed by atoms with Crippen LogP contribution in [0.1, 0.15) is 16.2 Å². The van der Waals surface area contributed by atoms with Gasteiger partial charge in [0.1, 0.15) is 22.7 Å². The lowest BCUT2D eigenvalue weighted by Gasteiger charge is -2.09. The Morgan fingerprint density at radius 2 is 2.00 bits per heavy atom. The van der Waals surface area contributed by atoms with Crippen LogP contribution in [-0.4, -0.2) is 16.3 Å². The molecule has 0 spiro atoms. The third-order valence-corrected chi connectivity index (χ3v) is 4.10. The molecule has 6 heteroatoms. The Morgan fingerprint density at radius 3 is 2.65 bits per heavy atom. The minimum atomic E-state index is 0.257. The normalized spacial score (nSPS) is 10.5. The van der Waals surface area contributed by atoms with Gasteiger partial charge in [-0.15, -0.1) is 0 Å². The van der Waals surface area contributed by atoms with Gasteiger partial charge in [0.15, 0.2) is 12.1 Å². The third kappa shape index (κ3) is 3.63. The molecule has 0 bridgehead atoms. The molecule has 1 aromatic heterocycles. The first-order valence-electron chi connectivity index (χ1n) is 6.84. The van der Waals surface area contributed by atoms with Crippen molar-refractivity contribution in [2.45, 2.75) is 6.61 Å². The van der Waals surface area contributed by atoms with Crippen LogP contribution < -0.4 is 4.74 Å². The zero-order valence-electron chi connectivity index (χ0n) is 11.9. The fourth-order valence-corrected chi connectivity index (χ4v) is 2.87. The third-order valence-electron chi connectivity index (χ3n) is 3.23. The van der Waals surface area contributed by atoms with Crippen molar-refractivity contribution in [1.82, 2.24) is 9.97 Å². The number of nitrogens with zero attached hydrogens (tertiary/aromatic N) is 1. The second kappa shape index (κ2) is 6.98. The van der Waals surface area contributed by atoms with Crippen molar-refractivity contribution < 1.29 is 9.53 Å². The number of hydrogen-bond acceptors (Lipinski definition) is 3. The molecular formula is C17H12BrClN2O2. The first-order chi connectivity index (χ1) is 11.2. The highest BCUT2D eigenvalue weighted by Gasteiger charge is 2.12. The molecule has 0 saturated carbocycles. The van der Waals surface area contributed by atoms with Gasteiger partial charge in [0.25, 0.3) is 0 Å². The summed E-state index contributed by atoms with van der Waals surface area (Å²) in [4.78, 5) is 17.8. The summed E-state index contributed by atoms with van der Waals surface area (Å²) in [6.07, 6.45) is 0.660. The molecule has 1 heterocycles. The van der Waals surface area contributed by atoms with Gasteiger partial charge in [0, 0.05) is 5.56 Å². The molecule has 116 valence electrons. The van der Waals surface area contributed by atoms with E-state index in [0.717, 1.165) is 11.1 Å². The Kier molecular flexibility index (Phi) is 4.79. The number of H-pyrrole nitrogens is 1. The number of nitrogens with one attached hydrogen (secondary N) is 1. The molecule has 2 aromatic carbocycles. The number of carbonyl (C=O) groups excluding carboxylic acids is 1. The zero-order chi connectivity index (χ0) is 16.2. The van der Waals surface area contributed by atoms with Crippen LogP contribution in [0, 0.1) is 0 Å². The lowest BCUT2D eigenvalue weighted by Crippen LogP contribution is -1.95. The van der Waals surface area contributed by atoms with Crippen molar-refractivity contribution in [3.05, 3.63) is 69.5 Å². The molecule has 0 amide bonds. The number of rotatable bonds is 5. The molecule has 0 aliphatic carbocycles. The predicted molar refractivity (Wildman–Crippen MR) is 92.9 cm³/mol. The van der Waals surface area contributed by atoms with E-state index in [1.165, 1.54) is 0 Å². The summed E-state index contributed by atoms with van der Waals surface area (Å²) in [5, 5.41) is 0.487. The minimum Gasteiger partial charge on any atom is -0.487 e. The standard InChI is InChI=1S/C17H12BrClN2O2/c18-17-16(20-15(9-22)21-17)12-6-7-14(13(19)8-12)23-10-11-4-2-1-3-5-11/h1-9H,10H2,(H,20,21). The molecule has 0 atom stereocenters. The maximum Gasteiger partial charge on any atom is 0.185 e. The summed E-state index contributed by atoms with van der Waals surface area (Å²) in [6.45, 7) is 0.446. The topological polar surface area (TPSA) is 55.0 Å². The van der Waals surface area contributed by atoms with Crippen LogP contribution >= 0.6 is 27.5 Å². The van der Waals surface area contributed by atoms with E-state index in [1.54, 1.807) is 12.1 Å². The highest BCUT2D eigenvalue weighted by atomic mass is 79.9. The van der Waals surface area contributed by atoms with Gasteiger partial charge >= 0.3 is 0 Å². The van der Waals surface area contributed by atoms with E-state index in [-0.39, 0.29) is 5.82 Å². The number of aldehydes is 1. The molecule has 3 aromatic rings. The Labute approximate surface area is 146 Å². The van der Waals surface area contributed by atoms with Gasteiger partial charge in [-0.05, 0) is 39.7 Å². The molecule has 0 fully saturated rings. The van der Waals surface area contributed by atoms with Crippen molar-refractivity contribution in [2.24, 2.45) is 0 Å². The van der Waals surface area contributed by atoms with Crippen molar-refractivity contribution in [1.29, 1.82) is 0 Å². The molecule has 23 heavy (non-hydrogen) atoms. The van der Waals surface area contributed by atoms with Crippen molar-refractivity contribution in [3.63, 3.8) is 0 Å². The van der Waals surface area contributed by atoms with Crippen LogP contribution in [0.2, 0.25) is 5.02 Å². The average molecular weight is 392 g/mol. The molecule has 1 N–H and O–H groups in total. The lowest BCUT2D eigenvalue weighted by atomic mass is 10.1. The quantitative estimate of drug-likeness (QED) is 0.630. The number of carbonyl (C=O) groups is 1. The summed E-state index contributed by atoms with van der Waals surface area (Å²) < 4.78 is 6.38. The number of aromatic nitrogens is 2. The molecule has 0 unspecified atom stereocenters. The minimum absolute atomic E-state index is 0.257. The van der Waals surface area contributed by atoms with Gasteiger partial charge in [-0.2, -0.15) is 0 Å². The Balaban J connectivity index is 1.80. The van der Waals surface area contributed by atoms with Gasteiger partial charge in [0.05, 0.1) is 5.02 Å². The summed E-state index contributed by atoms with van der Waals surface area (Å²) in [5.74, 6) is 0.856. The second-order valence-corrected chi connectivity index (χ2v) is 6.02. The van der Waals surface area contributed by atoms with Crippen LogP contribution in [0.25, 0.3) is 11.3 Å². The second-order valence-electron chi connectivity index (χ2n) is 4.82. The fourth-order valence-electron chi connectivity index (χ4n) is 2.12. The molecule has 0 saturated heterocycles. The number of ether oxygens (including phenoxy) is 1. The van der Waals surface area contributed by atoms with Gasteiger partial charge < -0.3 is 9.72 Å². The van der Waals surface area contributed by atoms with Crippen LogP contribution in [0.5, 0.6) is 5.75 Å². The summed E-state index contributed by atoms with van der Waals surface area (Å²) in [5.41, 5.74) is 2.49. The highest BCUT2D eigenvalue weighted by Crippen LogP contribution is 2.33. The summed E-state index contributed by atoms with van der Waals surface area (Å²) >= 11 is 9.64. The summed E-state index contributed by atoms with van der Waals surface area (Å²) in [6, 6.07) is 15.3. The molecule has 0 radical (unpaired) electrons. The summed E-state index contributed by atoms with van der Waals surface area (Å²) in [7, 11) is 0. The van der Waals surface area contributed by atoms with Gasteiger partial charge in [0.2, 0.25) is 0 Å². The van der Waals surface area contributed by atoms with Crippen LogP contribution in [0.15, 0.2) is 53.1 Å².